The second-order valence-corrected chi connectivity index (χ2v) is 30.5. The summed E-state index contributed by atoms with van der Waals surface area (Å²) in [6.45, 7) is 17.7. The van der Waals surface area contributed by atoms with Crippen LogP contribution in [0.1, 0.15) is 125 Å². The SMILES string of the molecule is CC#CCn1c(N2CCCCC2)nc2nc(N(C)CC(=O)O)n(C)c(=O)c21.CC#CCn1c(N2CCCCC2)nc2nc(N3CCC[C@H]3C(=O)OC)n(C)c(=O)c21.CC#CCn1c(N2CCCCC2)nc2nc(NCC(=O)O)n(C)c(=O)c21.CC#CCn1c(N2CCCCC2)nc2nc(NCC(=O)OCC)n(C)c(=O)c21.O=C(O)C(F)(F)F.O=C(O)C(F)(F)F.O=C(O)C(F)(F)F.O=C(O)C(F)(F)F. The lowest BCUT2D eigenvalue weighted by Crippen LogP contribution is -2.40. The monoisotopic (exact) mass is 1980 g/mol. The van der Waals surface area contributed by atoms with E-state index in [1.807, 2.05) is 23.2 Å². The number of piperidine rings is 4. The minimum atomic E-state index is -5.08. The number of likely N-dealkylation sites (N-methyl/N-ethyl adjacent to an activating group) is 1. The Morgan fingerprint density at radius 1 is 0.396 bits per heavy atom. The number of methoxy groups -OCH3 is 1. The Hall–Kier alpha value is -15.0. The molecule has 0 aromatic carbocycles. The maximum absolute atomic E-state index is 13.4. The van der Waals surface area contributed by atoms with Crippen molar-refractivity contribution in [3.63, 3.8) is 0 Å². The van der Waals surface area contributed by atoms with Crippen molar-refractivity contribution in [1.82, 2.24) is 76.4 Å². The van der Waals surface area contributed by atoms with E-state index in [2.05, 4.69) is 108 Å². The number of fused-ring (bicyclic) bond motifs is 4. The summed E-state index contributed by atoms with van der Waals surface area (Å²) < 4.78 is 150. The van der Waals surface area contributed by atoms with Crippen LogP contribution in [0.4, 0.5) is 100 Å². The molecule has 5 fully saturated rings. The second kappa shape index (κ2) is 51.2. The van der Waals surface area contributed by atoms with Crippen LogP contribution < -0.4 is 62.3 Å². The van der Waals surface area contributed by atoms with Gasteiger partial charge in [0.15, 0.2) is 44.7 Å². The van der Waals surface area contributed by atoms with Crippen molar-refractivity contribution in [3.8, 4) is 47.4 Å². The lowest BCUT2D eigenvalue weighted by molar-refractivity contribution is -0.193. The van der Waals surface area contributed by atoms with Gasteiger partial charge >= 0.3 is 72.5 Å². The van der Waals surface area contributed by atoms with Gasteiger partial charge in [0.2, 0.25) is 47.6 Å². The van der Waals surface area contributed by atoms with Crippen molar-refractivity contribution in [1.29, 1.82) is 0 Å². The fraction of sp³-hybridized carbons (Fsp3) is 0.566. The summed E-state index contributed by atoms with van der Waals surface area (Å²) in [4.78, 5) is 182. The van der Waals surface area contributed by atoms with Gasteiger partial charge in [0.1, 0.15) is 25.7 Å². The Bertz CT molecular complexity index is 6150. The Morgan fingerprint density at radius 2 is 0.676 bits per heavy atom. The van der Waals surface area contributed by atoms with Gasteiger partial charge in [-0.05, 0) is 125 Å². The first-order chi connectivity index (χ1) is 65.4. The second-order valence-electron chi connectivity index (χ2n) is 30.5. The molecule has 8 aromatic heterocycles. The van der Waals surface area contributed by atoms with Crippen molar-refractivity contribution in [2.75, 3.05) is 139 Å². The number of halogens is 12. The molecule has 8 aromatic rings. The average molecular weight is 1990 g/mol. The fourth-order valence-electron chi connectivity index (χ4n) is 14.2. The number of nitrogens with one attached hydrogen (secondary N) is 2. The third kappa shape index (κ3) is 30.7. The number of carboxylic acid groups (broad SMARTS) is 6. The first-order valence-electron chi connectivity index (χ1n) is 42.7. The van der Waals surface area contributed by atoms with Crippen molar-refractivity contribution in [2.45, 2.75) is 181 Å². The Morgan fingerprint density at radius 3 is 0.957 bits per heavy atom. The Kier molecular flexibility index (Phi) is 41.5. The molecule has 8 N–H and O–H groups in total. The minimum Gasteiger partial charge on any atom is -0.480 e. The number of carboxylic acids is 6. The molecule has 760 valence electrons. The summed E-state index contributed by atoms with van der Waals surface area (Å²) in [5.74, 6) is 13.9. The molecule has 5 aliphatic heterocycles. The molecule has 13 heterocycles. The smallest absolute Gasteiger partial charge is 0.480 e. The number of ether oxygens (including phenoxy) is 2. The summed E-state index contributed by atoms with van der Waals surface area (Å²) in [6, 6.07) is -0.430. The Labute approximate surface area is 782 Å². The lowest BCUT2D eigenvalue weighted by Gasteiger charge is -2.27. The highest BCUT2D eigenvalue weighted by Gasteiger charge is 2.42. The zero-order valence-electron chi connectivity index (χ0n) is 77.3. The van der Waals surface area contributed by atoms with E-state index >= 15 is 0 Å². The molecule has 0 aliphatic carbocycles. The van der Waals surface area contributed by atoms with Crippen LogP contribution in [0.25, 0.3) is 44.7 Å². The van der Waals surface area contributed by atoms with E-state index in [9.17, 15) is 91.0 Å². The highest BCUT2D eigenvalue weighted by Crippen LogP contribution is 2.32. The molecule has 0 unspecified atom stereocenters. The first kappa shape index (κ1) is 113. The number of esters is 2. The molecule has 5 aliphatic rings. The normalized spacial score (nSPS) is 14.6. The van der Waals surface area contributed by atoms with Crippen LogP contribution in [0.5, 0.6) is 0 Å². The quantitative estimate of drug-likeness (QED) is 0.0238. The van der Waals surface area contributed by atoms with Gasteiger partial charge in [0.05, 0.1) is 39.9 Å². The van der Waals surface area contributed by atoms with Gasteiger partial charge < -0.3 is 80.1 Å². The zero-order valence-corrected chi connectivity index (χ0v) is 77.3. The first-order valence-corrected chi connectivity index (χ1v) is 42.7. The van der Waals surface area contributed by atoms with Gasteiger partial charge in [-0.15, -0.1) is 23.7 Å². The van der Waals surface area contributed by atoms with E-state index in [1.54, 1.807) is 69.9 Å². The van der Waals surface area contributed by atoms with E-state index in [-0.39, 0.29) is 65.7 Å². The highest BCUT2D eigenvalue weighted by molar-refractivity contribution is 5.84. The number of nitrogens with zero attached hydrogens (tertiary/aromatic N) is 22. The maximum atomic E-state index is 13.4. The van der Waals surface area contributed by atoms with Crippen LogP contribution >= 0.6 is 0 Å². The molecule has 56 heteroatoms. The van der Waals surface area contributed by atoms with Crippen molar-refractivity contribution < 1.29 is 131 Å². The predicted molar refractivity (Wildman–Crippen MR) is 478 cm³/mol. The molecule has 5 saturated heterocycles. The van der Waals surface area contributed by atoms with Gasteiger partial charge in [-0.1, -0.05) is 23.7 Å². The van der Waals surface area contributed by atoms with E-state index < -0.39 is 72.5 Å². The molecular formula is C83H104F12N24O20. The molecule has 1 atom stereocenters. The number of alkyl halides is 12. The number of aliphatic carboxylic acids is 6. The van der Waals surface area contributed by atoms with Gasteiger partial charge in [0.25, 0.3) is 22.2 Å². The Balaban J connectivity index is 0.000000260. The molecule has 44 nitrogen and oxygen atoms in total. The molecule has 13 rings (SSSR count). The minimum absolute atomic E-state index is 0.0688. The topological polar surface area (TPSA) is 531 Å². The molecular weight excluding hydrogens is 1880 g/mol. The van der Waals surface area contributed by atoms with Gasteiger partial charge in [-0.2, -0.15) is 92.6 Å². The van der Waals surface area contributed by atoms with Crippen LogP contribution in [-0.2, 0) is 102 Å². The van der Waals surface area contributed by atoms with E-state index in [1.165, 1.54) is 56.0 Å². The standard InChI is InChI=1S/C21H28N6O3.C19H26N6O3.C18H24N6O3.C17H22N6O3.4C2HF3O2/c1-4-5-13-27-16-17(23-21(27)25-11-7-6-8-12-25)22-20(24(2)18(16)28)26-14-9-10-15(26)19(29)30-3;1-4-6-12-25-15-16(22-19(25)24-10-8-7-9-11-24)21-18(23(3)17(15)27)20-13-14(26)28-5-2;1-4-5-11-24-14-15(20-18(24)23-9-7-6-8-10-23)19-17(22(3)16(14)27)21(2)12-13(25)26;1-3-4-10-23-13-14(20-17(23)22-8-6-5-7-9-22)19-16(18-11-12(24)25)21(2)15(13)26;4*3-2(4,5)1(6)7/h15H,6-14H2,1-3H3;5,7-13H2,1-3H3,(H,20,21);6-12H2,1-3H3,(H,25,26);5-11H2,1-2H3,(H,18,19)(H,24,25);4*(H,6,7)/t15-;;;;;;;/m0......./s1. The summed E-state index contributed by atoms with van der Waals surface area (Å²) in [6.07, 6.45) is -5.28. The number of aromatic nitrogens is 16. The molecule has 0 radical (unpaired) electrons. The maximum Gasteiger partial charge on any atom is 0.490 e. The predicted octanol–water partition coefficient (Wildman–Crippen LogP) is 6.24. The largest absolute Gasteiger partial charge is 0.490 e. The zero-order chi connectivity index (χ0) is 104. The summed E-state index contributed by atoms with van der Waals surface area (Å²) in [7, 11) is 9.43. The van der Waals surface area contributed by atoms with Crippen molar-refractivity contribution in [3.05, 3.63) is 41.4 Å². The third-order valence-corrected chi connectivity index (χ3v) is 20.8. The molecule has 0 bridgehead atoms. The number of imidazole rings is 4. The van der Waals surface area contributed by atoms with E-state index in [0.717, 1.165) is 122 Å². The number of hydrogen-bond donors (Lipinski definition) is 8. The molecule has 0 spiro atoms. The number of hydrogen-bond acceptors (Lipinski definition) is 30. The van der Waals surface area contributed by atoms with Gasteiger partial charge in [-0.25, -0.2) is 24.0 Å². The van der Waals surface area contributed by atoms with Gasteiger partial charge in [0, 0.05) is 94.1 Å². The highest BCUT2D eigenvalue weighted by atomic mass is 19.4. The van der Waals surface area contributed by atoms with Crippen molar-refractivity contribution in [2.24, 2.45) is 28.2 Å². The van der Waals surface area contributed by atoms with Crippen LogP contribution in [0.15, 0.2) is 19.2 Å². The number of anilines is 8. The number of carbonyl (C=O) groups is 8. The average Bonchev–Trinajstić information content (AvgIpc) is 1.60. The third-order valence-electron chi connectivity index (χ3n) is 20.8. The van der Waals surface area contributed by atoms with Crippen LogP contribution in [0, 0.1) is 47.4 Å². The van der Waals surface area contributed by atoms with E-state index in [0.29, 0.717) is 108 Å². The van der Waals surface area contributed by atoms with Gasteiger partial charge in [-0.3, -0.25) is 70.1 Å². The van der Waals surface area contributed by atoms with E-state index in [4.69, 9.17) is 69.3 Å². The summed E-state index contributed by atoms with van der Waals surface area (Å²) >= 11 is 0. The summed E-state index contributed by atoms with van der Waals surface area (Å²) in [5.41, 5.74) is 2.09. The van der Waals surface area contributed by atoms with Crippen LogP contribution in [0.3, 0.4) is 0 Å². The van der Waals surface area contributed by atoms with Crippen molar-refractivity contribution >= 4 is 140 Å². The lowest BCUT2D eigenvalue weighted by atomic mass is 10.1. The number of carbonyl (C=O) groups excluding carboxylic acids is 2. The molecule has 0 amide bonds. The fourth-order valence-corrected chi connectivity index (χ4v) is 14.2. The molecule has 0 saturated carbocycles. The number of rotatable bonds is 20. The van der Waals surface area contributed by atoms with Crippen LogP contribution in [0.2, 0.25) is 0 Å². The van der Waals surface area contributed by atoms with Crippen LogP contribution in [-0.4, -0.2) is 285 Å². The molecule has 139 heavy (non-hydrogen) atoms. The summed E-state index contributed by atoms with van der Waals surface area (Å²) in [5, 5.41) is 51.9.